The second-order valence-corrected chi connectivity index (χ2v) is 4.06. The molecule has 0 aromatic heterocycles. The topological polar surface area (TPSA) is 64.6 Å². The number of amides is 1. The molecule has 108 valence electrons. The Morgan fingerprint density at radius 1 is 1.20 bits per heavy atom. The number of hydrogen-bond donors (Lipinski definition) is 1. The summed E-state index contributed by atoms with van der Waals surface area (Å²) in [5.74, 6) is -0.302. The summed E-state index contributed by atoms with van der Waals surface area (Å²) < 4.78 is 9.82. The van der Waals surface area contributed by atoms with Crippen LogP contribution in [0.5, 0.6) is 0 Å². The number of nitrogens with one attached hydrogen (secondary N) is 1. The summed E-state index contributed by atoms with van der Waals surface area (Å²) in [6.45, 7) is 4.26. The number of carbonyl (C=O) groups is 2. The number of carbonyl (C=O) groups excluding carboxylic acids is 2. The molecule has 1 amide bonds. The zero-order chi connectivity index (χ0) is 14.6. The summed E-state index contributed by atoms with van der Waals surface area (Å²) in [5.41, 5.74) is 0.927. The van der Waals surface area contributed by atoms with Gasteiger partial charge in [-0.2, -0.15) is 0 Å². The van der Waals surface area contributed by atoms with Crippen LogP contribution in [0, 0.1) is 0 Å². The van der Waals surface area contributed by atoms with Crippen molar-refractivity contribution in [3.63, 3.8) is 0 Å². The van der Waals surface area contributed by atoms with Gasteiger partial charge in [-0.1, -0.05) is 43.0 Å². The minimum Gasteiger partial charge on any atom is -0.461 e. The number of benzene rings is 1. The molecule has 0 aliphatic rings. The first-order valence-corrected chi connectivity index (χ1v) is 6.43. The molecule has 1 rings (SSSR count). The van der Waals surface area contributed by atoms with Crippen molar-refractivity contribution in [2.45, 2.75) is 19.4 Å². The van der Waals surface area contributed by atoms with Crippen LogP contribution in [0.2, 0.25) is 0 Å². The molecule has 1 aromatic rings. The average molecular weight is 277 g/mol. The molecule has 5 heteroatoms. The third kappa shape index (κ3) is 7.20. The van der Waals surface area contributed by atoms with Crippen LogP contribution in [0.3, 0.4) is 0 Å². The molecular weight excluding hydrogens is 258 g/mol. The lowest BCUT2D eigenvalue weighted by Gasteiger charge is -2.07. The Kier molecular flexibility index (Phi) is 7.57. The van der Waals surface area contributed by atoms with Gasteiger partial charge in [0, 0.05) is 13.0 Å². The molecule has 20 heavy (non-hydrogen) atoms. The highest BCUT2D eigenvalue weighted by atomic mass is 16.5. The van der Waals surface area contributed by atoms with E-state index in [9.17, 15) is 9.59 Å². The van der Waals surface area contributed by atoms with Crippen LogP contribution >= 0.6 is 0 Å². The average Bonchev–Trinajstić information content (AvgIpc) is 2.48. The summed E-state index contributed by atoms with van der Waals surface area (Å²) >= 11 is 0. The van der Waals surface area contributed by atoms with Crippen LogP contribution in [0.25, 0.3) is 0 Å². The van der Waals surface area contributed by atoms with Crippen molar-refractivity contribution >= 4 is 12.1 Å². The Balaban J connectivity index is 2.06. The minimum atomic E-state index is -0.492. The smallest absolute Gasteiger partial charge is 0.407 e. The first-order valence-electron chi connectivity index (χ1n) is 6.43. The first kappa shape index (κ1) is 15.8. The highest BCUT2D eigenvalue weighted by Gasteiger charge is 2.04. The molecule has 0 fully saturated rings. The van der Waals surface area contributed by atoms with Gasteiger partial charge in [-0.15, -0.1) is 0 Å². The maximum atomic E-state index is 11.4. The van der Waals surface area contributed by atoms with Gasteiger partial charge in [-0.25, -0.2) is 4.79 Å². The lowest BCUT2D eigenvalue weighted by Crippen LogP contribution is -2.25. The van der Waals surface area contributed by atoms with Crippen LogP contribution in [-0.2, 0) is 20.9 Å². The lowest BCUT2D eigenvalue weighted by molar-refractivity contribution is -0.142. The largest absolute Gasteiger partial charge is 0.461 e. The number of rotatable bonds is 8. The summed E-state index contributed by atoms with van der Waals surface area (Å²) in [6, 6.07) is 9.41. The molecule has 0 bridgehead atoms. The normalized spacial score (nSPS) is 9.60. The molecule has 0 unspecified atom stereocenters. The number of ether oxygens (including phenoxy) is 2. The predicted octanol–water partition coefficient (Wildman–Crippen LogP) is 2.42. The van der Waals surface area contributed by atoms with E-state index in [2.05, 4.69) is 11.9 Å². The van der Waals surface area contributed by atoms with Crippen LogP contribution in [-0.4, -0.2) is 25.2 Å². The van der Waals surface area contributed by atoms with E-state index in [4.69, 9.17) is 9.47 Å². The SMILES string of the molecule is C=CCOC(=O)CCCNC(=O)OCc1ccccc1. The van der Waals surface area contributed by atoms with Crippen molar-refractivity contribution < 1.29 is 19.1 Å². The molecular formula is C15H19NO4. The van der Waals surface area contributed by atoms with E-state index in [1.807, 2.05) is 30.3 Å². The number of alkyl carbamates (subject to hydrolysis) is 1. The van der Waals surface area contributed by atoms with Crippen LogP contribution in [0.15, 0.2) is 43.0 Å². The molecule has 0 saturated heterocycles. The van der Waals surface area contributed by atoms with Crippen LogP contribution in [0.1, 0.15) is 18.4 Å². The van der Waals surface area contributed by atoms with Gasteiger partial charge in [0.05, 0.1) is 0 Å². The highest BCUT2D eigenvalue weighted by Crippen LogP contribution is 2.00. The first-order chi connectivity index (χ1) is 9.72. The molecule has 0 aliphatic heterocycles. The van der Waals surface area contributed by atoms with Gasteiger partial charge in [0.25, 0.3) is 0 Å². The monoisotopic (exact) mass is 277 g/mol. The second kappa shape index (κ2) is 9.61. The Hall–Kier alpha value is -2.30. The molecule has 0 aliphatic carbocycles. The number of hydrogen-bond acceptors (Lipinski definition) is 4. The molecule has 0 heterocycles. The van der Waals surface area contributed by atoms with Crippen molar-refractivity contribution in [2.24, 2.45) is 0 Å². The van der Waals surface area contributed by atoms with E-state index in [1.165, 1.54) is 6.08 Å². The van der Waals surface area contributed by atoms with E-state index >= 15 is 0 Å². The Morgan fingerprint density at radius 2 is 1.95 bits per heavy atom. The summed E-state index contributed by atoms with van der Waals surface area (Å²) in [7, 11) is 0. The van der Waals surface area contributed by atoms with Crippen molar-refractivity contribution in [3.05, 3.63) is 48.6 Å². The molecule has 5 nitrogen and oxygen atoms in total. The van der Waals surface area contributed by atoms with Gasteiger partial charge in [-0.3, -0.25) is 4.79 Å². The van der Waals surface area contributed by atoms with Gasteiger partial charge in [0.2, 0.25) is 0 Å². The summed E-state index contributed by atoms with van der Waals surface area (Å²) in [5, 5.41) is 2.58. The third-order valence-corrected chi connectivity index (χ3v) is 2.40. The zero-order valence-electron chi connectivity index (χ0n) is 11.3. The van der Waals surface area contributed by atoms with Gasteiger partial charge < -0.3 is 14.8 Å². The molecule has 0 saturated carbocycles. The fourth-order valence-corrected chi connectivity index (χ4v) is 1.42. The fourth-order valence-electron chi connectivity index (χ4n) is 1.42. The van der Waals surface area contributed by atoms with Crippen LogP contribution < -0.4 is 5.32 Å². The zero-order valence-corrected chi connectivity index (χ0v) is 11.3. The Bertz CT molecular complexity index is 431. The van der Waals surface area contributed by atoms with Gasteiger partial charge in [0.1, 0.15) is 13.2 Å². The van der Waals surface area contributed by atoms with Gasteiger partial charge in [0.15, 0.2) is 0 Å². The molecule has 0 spiro atoms. The Morgan fingerprint density at radius 3 is 2.65 bits per heavy atom. The van der Waals surface area contributed by atoms with Crippen molar-refractivity contribution in [3.8, 4) is 0 Å². The van der Waals surface area contributed by atoms with Crippen molar-refractivity contribution in [2.75, 3.05) is 13.2 Å². The second-order valence-electron chi connectivity index (χ2n) is 4.06. The quantitative estimate of drug-likeness (QED) is 0.450. The van der Waals surface area contributed by atoms with E-state index in [0.717, 1.165) is 5.56 Å². The van der Waals surface area contributed by atoms with E-state index in [-0.39, 0.29) is 25.6 Å². The van der Waals surface area contributed by atoms with E-state index < -0.39 is 6.09 Å². The molecule has 0 atom stereocenters. The molecule has 1 N–H and O–H groups in total. The van der Waals surface area contributed by atoms with Crippen LogP contribution in [0.4, 0.5) is 4.79 Å². The third-order valence-electron chi connectivity index (χ3n) is 2.40. The summed E-state index contributed by atoms with van der Waals surface area (Å²) in [4.78, 5) is 22.5. The molecule has 1 aromatic carbocycles. The fraction of sp³-hybridized carbons (Fsp3) is 0.333. The van der Waals surface area contributed by atoms with Crippen molar-refractivity contribution in [1.82, 2.24) is 5.32 Å². The van der Waals surface area contributed by atoms with Gasteiger partial charge in [-0.05, 0) is 12.0 Å². The number of esters is 1. The Labute approximate surface area is 118 Å². The molecule has 0 radical (unpaired) electrons. The standard InChI is InChI=1S/C15H19NO4/c1-2-11-19-14(17)9-6-10-16-15(18)20-12-13-7-4-3-5-8-13/h2-5,7-8H,1,6,9-12H2,(H,16,18). The van der Waals surface area contributed by atoms with Gasteiger partial charge >= 0.3 is 12.1 Å². The maximum Gasteiger partial charge on any atom is 0.407 e. The summed E-state index contributed by atoms with van der Waals surface area (Å²) in [6.07, 6.45) is 1.79. The van der Waals surface area contributed by atoms with E-state index in [0.29, 0.717) is 13.0 Å². The lowest BCUT2D eigenvalue weighted by atomic mass is 10.2. The minimum absolute atomic E-state index is 0.214. The maximum absolute atomic E-state index is 11.4. The highest BCUT2D eigenvalue weighted by molar-refractivity contribution is 5.70. The van der Waals surface area contributed by atoms with Crippen molar-refractivity contribution in [1.29, 1.82) is 0 Å². The predicted molar refractivity (Wildman–Crippen MR) is 75.0 cm³/mol. The van der Waals surface area contributed by atoms with E-state index in [1.54, 1.807) is 0 Å².